The summed E-state index contributed by atoms with van der Waals surface area (Å²) in [4.78, 5) is 3.88. The van der Waals surface area contributed by atoms with Gasteiger partial charge in [-0.25, -0.2) is 9.19 Å². The lowest BCUT2D eigenvalue weighted by atomic mass is 10.2. The predicted octanol–water partition coefficient (Wildman–Crippen LogP) is 3.01. The summed E-state index contributed by atoms with van der Waals surface area (Å²) in [6, 6.07) is 3.50. The number of aromatic nitrogens is 1. The van der Waals surface area contributed by atoms with Crippen LogP contribution >= 0.6 is 11.6 Å². The van der Waals surface area contributed by atoms with Crippen LogP contribution in [0.4, 0.5) is 0 Å². The molecule has 0 fully saturated rings. The molecule has 0 amide bonds. The van der Waals surface area contributed by atoms with Crippen LogP contribution in [0.5, 0.6) is 0 Å². The first-order chi connectivity index (χ1) is 7.30. The Kier molecular flexibility index (Phi) is 4.21. The normalized spacial score (nSPS) is 14.9. The van der Waals surface area contributed by atoms with Crippen LogP contribution in [0, 0.1) is 0 Å². The Labute approximate surface area is 104 Å². The van der Waals surface area contributed by atoms with E-state index in [1.54, 1.807) is 18.3 Å². The number of rotatable bonds is 2. The largest absolute Gasteiger partial charge is 0.245 e. The van der Waals surface area contributed by atoms with E-state index in [1.807, 2.05) is 27.7 Å². The van der Waals surface area contributed by atoms with E-state index >= 15 is 0 Å². The van der Waals surface area contributed by atoms with Crippen molar-refractivity contribution >= 4 is 28.3 Å². The molecular formula is C11H15ClN2OS. The first-order valence-corrected chi connectivity index (χ1v) is 6.38. The molecule has 0 N–H and O–H groups in total. The zero-order valence-electron chi connectivity index (χ0n) is 9.82. The second-order valence-electron chi connectivity index (χ2n) is 4.41. The topological polar surface area (TPSA) is 42.3 Å². The smallest absolute Gasteiger partial charge is 0.145 e. The minimum absolute atomic E-state index is 0.349. The van der Waals surface area contributed by atoms with E-state index < -0.39 is 11.0 Å². The van der Waals surface area contributed by atoms with E-state index in [9.17, 15) is 4.21 Å². The molecule has 0 spiro atoms. The molecule has 5 heteroatoms. The molecule has 0 saturated heterocycles. The van der Waals surface area contributed by atoms with E-state index in [2.05, 4.69) is 9.38 Å². The zero-order valence-corrected chi connectivity index (χ0v) is 11.4. The van der Waals surface area contributed by atoms with Crippen molar-refractivity contribution in [1.29, 1.82) is 0 Å². The fourth-order valence-corrected chi connectivity index (χ4v) is 1.74. The first kappa shape index (κ1) is 13.3. The van der Waals surface area contributed by atoms with Crippen LogP contribution in [0.25, 0.3) is 0 Å². The monoisotopic (exact) mass is 258 g/mol. The third-order valence-electron chi connectivity index (χ3n) is 1.89. The fourth-order valence-electron chi connectivity index (χ4n) is 0.942. The number of hydrogen-bond donors (Lipinski definition) is 0. The molecular weight excluding hydrogens is 244 g/mol. The number of halogens is 1. The second kappa shape index (κ2) is 5.06. The summed E-state index contributed by atoms with van der Waals surface area (Å²) in [6.45, 7) is 7.48. The van der Waals surface area contributed by atoms with Crippen molar-refractivity contribution in [1.82, 2.24) is 4.98 Å². The van der Waals surface area contributed by atoms with Gasteiger partial charge in [-0.05, 0) is 39.8 Å². The van der Waals surface area contributed by atoms with Gasteiger partial charge in [0.2, 0.25) is 0 Å². The first-order valence-electron chi connectivity index (χ1n) is 4.90. The molecule has 0 saturated carbocycles. The Morgan fingerprint density at radius 3 is 2.62 bits per heavy atom. The molecule has 88 valence electrons. The van der Waals surface area contributed by atoms with Crippen molar-refractivity contribution in [2.75, 3.05) is 0 Å². The summed E-state index contributed by atoms with van der Waals surface area (Å²) in [6.07, 6.45) is 1.61. The number of hydrogen-bond acceptors (Lipinski definition) is 2. The summed E-state index contributed by atoms with van der Waals surface area (Å²) in [5.41, 5.74) is 1.55. The Hall–Kier alpha value is -0.740. The molecule has 0 aliphatic heterocycles. The Morgan fingerprint density at radius 2 is 2.12 bits per heavy atom. The summed E-state index contributed by atoms with van der Waals surface area (Å²) in [5, 5.41) is 0.411. The van der Waals surface area contributed by atoms with Crippen molar-refractivity contribution in [3.8, 4) is 0 Å². The van der Waals surface area contributed by atoms with E-state index in [-0.39, 0.29) is 4.75 Å². The lowest BCUT2D eigenvalue weighted by Crippen LogP contribution is -2.20. The third-order valence-corrected chi connectivity index (χ3v) is 3.58. The van der Waals surface area contributed by atoms with Crippen LogP contribution in [-0.4, -0.2) is 19.7 Å². The lowest BCUT2D eigenvalue weighted by Gasteiger charge is -2.14. The van der Waals surface area contributed by atoms with Gasteiger partial charge in [0.1, 0.15) is 16.1 Å². The van der Waals surface area contributed by atoms with Gasteiger partial charge < -0.3 is 0 Å². The van der Waals surface area contributed by atoms with Gasteiger partial charge in [-0.15, -0.1) is 0 Å². The minimum Gasteiger partial charge on any atom is -0.245 e. The fraction of sp³-hybridized carbons (Fsp3) is 0.455. The highest BCUT2D eigenvalue weighted by Gasteiger charge is 2.19. The maximum absolute atomic E-state index is 11.8. The Morgan fingerprint density at radius 1 is 1.50 bits per heavy atom. The minimum atomic E-state index is -1.25. The highest BCUT2D eigenvalue weighted by Crippen LogP contribution is 2.15. The molecule has 0 aromatic carbocycles. The molecule has 1 aromatic rings. The Balaban J connectivity index is 2.99. The molecule has 1 aromatic heterocycles. The van der Waals surface area contributed by atoms with Gasteiger partial charge in [-0.2, -0.15) is 4.40 Å². The van der Waals surface area contributed by atoms with Gasteiger partial charge in [0, 0.05) is 11.8 Å². The zero-order chi connectivity index (χ0) is 12.3. The SMILES string of the molecule is C/C(=N\[S@@](=O)C(C)(C)C)c1ccnc(Cl)c1. The van der Waals surface area contributed by atoms with E-state index in [0.29, 0.717) is 10.9 Å². The van der Waals surface area contributed by atoms with Gasteiger partial charge >= 0.3 is 0 Å². The van der Waals surface area contributed by atoms with E-state index in [0.717, 1.165) is 5.56 Å². The summed E-state index contributed by atoms with van der Waals surface area (Å²) >= 11 is 5.77. The highest BCUT2D eigenvalue weighted by molar-refractivity contribution is 7.85. The van der Waals surface area contributed by atoms with Gasteiger partial charge in [0.05, 0.1) is 10.5 Å². The summed E-state index contributed by atoms with van der Waals surface area (Å²) in [7, 11) is -1.25. The van der Waals surface area contributed by atoms with Crippen molar-refractivity contribution in [2.24, 2.45) is 4.40 Å². The van der Waals surface area contributed by atoms with E-state index in [4.69, 9.17) is 11.6 Å². The molecule has 0 radical (unpaired) electrons. The average Bonchev–Trinajstić information content (AvgIpc) is 2.16. The molecule has 16 heavy (non-hydrogen) atoms. The molecule has 0 aliphatic rings. The van der Waals surface area contributed by atoms with Crippen molar-refractivity contribution in [3.63, 3.8) is 0 Å². The van der Waals surface area contributed by atoms with Crippen molar-refractivity contribution in [2.45, 2.75) is 32.4 Å². The summed E-state index contributed by atoms with van der Waals surface area (Å²) < 4.78 is 15.6. The average molecular weight is 259 g/mol. The van der Waals surface area contributed by atoms with Crippen LogP contribution in [0.2, 0.25) is 5.15 Å². The Bertz CT molecular complexity index is 438. The number of pyridine rings is 1. The van der Waals surface area contributed by atoms with Crippen molar-refractivity contribution < 1.29 is 4.21 Å². The lowest BCUT2D eigenvalue weighted by molar-refractivity contribution is 0.650. The maximum atomic E-state index is 11.8. The standard InChI is InChI=1S/C11H15ClN2OS/c1-8(14-16(15)11(2,3)4)9-5-6-13-10(12)7-9/h5-7H,1-4H3/b14-8+/t16-/m0/s1. The van der Waals surface area contributed by atoms with Crippen LogP contribution < -0.4 is 0 Å². The molecule has 1 rings (SSSR count). The maximum Gasteiger partial charge on any atom is 0.145 e. The van der Waals surface area contributed by atoms with Crippen LogP contribution in [0.15, 0.2) is 22.7 Å². The third kappa shape index (κ3) is 3.68. The van der Waals surface area contributed by atoms with Gasteiger partial charge in [0.15, 0.2) is 0 Å². The predicted molar refractivity (Wildman–Crippen MR) is 69.4 cm³/mol. The van der Waals surface area contributed by atoms with Crippen LogP contribution in [-0.2, 0) is 11.0 Å². The molecule has 0 unspecified atom stereocenters. The van der Waals surface area contributed by atoms with Crippen molar-refractivity contribution in [3.05, 3.63) is 29.0 Å². The molecule has 1 heterocycles. The van der Waals surface area contributed by atoms with Crippen LogP contribution in [0.1, 0.15) is 33.3 Å². The quantitative estimate of drug-likeness (QED) is 0.605. The van der Waals surface area contributed by atoms with Crippen LogP contribution in [0.3, 0.4) is 0 Å². The second-order valence-corrected chi connectivity index (χ2v) is 6.70. The highest BCUT2D eigenvalue weighted by atomic mass is 35.5. The molecule has 3 nitrogen and oxygen atoms in total. The van der Waals surface area contributed by atoms with Gasteiger partial charge in [-0.3, -0.25) is 0 Å². The molecule has 1 atom stereocenters. The molecule has 0 aliphatic carbocycles. The summed E-state index contributed by atoms with van der Waals surface area (Å²) in [5.74, 6) is 0. The van der Waals surface area contributed by atoms with Gasteiger partial charge in [-0.1, -0.05) is 11.6 Å². The van der Waals surface area contributed by atoms with Gasteiger partial charge in [0.25, 0.3) is 0 Å². The molecule has 0 bridgehead atoms. The number of nitrogens with zero attached hydrogens (tertiary/aromatic N) is 2. The van der Waals surface area contributed by atoms with E-state index in [1.165, 1.54) is 0 Å².